The standard InChI is InChI=1S/C20H26ClN3O2S/c1-22-20(24(2)15-18-11-6-7-12-19(18)21)23-13-8-14-27(25,26)16-17-9-4-3-5-10-17/h3-7,9-12H,8,13-16H2,1-2H3,(H,22,23). The molecular weight excluding hydrogens is 382 g/mol. The smallest absolute Gasteiger partial charge is 0.193 e. The van der Waals surface area contributed by atoms with E-state index in [1.54, 1.807) is 7.05 Å². The van der Waals surface area contributed by atoms with Gasteiger partial charge >= 0.3 is 0 Å². The number of rotatable bonds is 8. The Labute approximate surface area is 167 Å². The minimum absolute atomic E-state index is 0.0783. The summed E-state index contributed by atoms with van der Waals surface area (Å²) in [6.07, 6.45) is 0.522. The zero-order valence-electron chi connectivity index (χ0n) is 15.7. The Balaban J connectivity index is 1.79. The molecule has 146 valence electrons. The lowest BCUT2D eigenvalue weighted by atomic mass is 10.2. The first-order chi connectivity index (χ1) is 12.9. The summed E-state index contributed by atoms with van der Waals surface area (Å²) in [5.41, 5.74) is 1.83. The third-order valence-corrected chi connectivity index (χ3v) is 6.14. The molecule has 0 unspecified atom stereocenters. The zero-order chi connectivity index (χ0) is 19.7. The predicted octanol–water partition coefficient (Wildman–Crippen LogP) is 3.35. The second-order valence-corrected chi connectivity index (χ2v) is 8.94. The Morgan fingerprint density at radius 3 is 2.44 bits per heavy atom. The van der Waals surface area contributed by atoms with Gasteiger partial charge < -0.3 is 10.2 Å². The van der Waals surface area contributed by atoms with Crippen LogP contribution < -0.4 is 5.32 Å². The second-order valence-electron chi connectivity index (χ2n) is 6.35. The minimum Gasteiger partial charge on any atom is -0.356 e. The number of nitrogens with one attached hydrogen (secondary N) is 1. The van der Waals surface area contributed by atoms with Crippen molar-refractivity contribution in [3.8, 4) is 0 Å². The number of halogens is 1. The fraction of sp³-hybridized carbons (Fsp3) is 0.350. The maximum Gasteiger partial charge on any atom is 0.193 e. The summed E-state index contributed by atoms with van der Waals surface area (Å²) in [5, 5.41) is 3.93. The molecule has 0 heterocycles. The third kappa shape index (κ3) is 7.23. The first-order valence-corrected chi connectivity index (χ1v) is 11.0. The number of guanidine groups is 1. The maximum absolute atomic E-state index is 12.2. The number of benzene rings is 2. The van der Waals surface area contributed by atoms with Crippen molar-refractivity contribution in [2.24, 2.45) is 4.99 Å². The highest BCUT2D eigenvalue weighted by atomic mass is 35.5. The third-order valence-electron chi connectivity index (χ3n) is 4.08. The monoisotopic (exact) mass is 407 g/mol. The molecule has 0 aliphatic carbocycles. The molecule has 27 heavy (non-hydrogen) atoms. The van der Waals surface area contributed by atoms with Crippen molar-refractivity contribution in [1.82, 2.24) is 10.2 Å². The second kappa shape index (κ2) is 10.3. The average molecular weight is 408 g/mol. The molecule has 1 N–H and O–H groups in total. The molecule has 0 bridgehead atoms. The van der Waals surface area contributed by atoms with E-state index in [0.717, 1.165) is 11.1 Å². The van der Waals surface area contributed by atoms with Gasteiger partial charge in [-0.25, -0.2) is 8.42 Å². The van der Waals surface area contributed by atoms with Crippen LogP contribution in [0.5, 0.6) is 0 Å². The number of sulfone groups is 1. The Bertz CT molecular complexity index is 855. The van der Waals surface area contributed by atoms with Gasteiger partial charge in [0.25, 0.3) is 0 Å². The van der Waals surface area contributed by atoms with Gasteiger partial charge in [-0.3, -0.25) is 4.99 Å². The van der Waals surface area contributed by atoms with E-state index in [4.69, 9.17) is 11.6 Å². The van der Waals surface area contributed by atoms with Crippen LogP contribution in [0.4, 0.5) is 0 Å². The molecule has 7 heteroatoms. The fourth-order valence-corrected chi connectivity index (χ4v) is 4.36. The van der Waals surface area contributed by atoms with Crippen LogP contribution in [0, 0.1) is 0 Å². The molecule has 0 aliphatic rings. The lowest BCUT2D eigenvalue weighted by Gasteiger charge is -2.22. The molecule has 0 aliphatic heterocycles. The van der Waals surface area contributed by atoms with E-state index >= 15 is 0 Å². The molecular formula is C20H26ClN3O2S. The van der Waals surface area contributed by atoms with E-state index in [1.165, 1.54) is 0 Å². The first kappa shape index (κ1) is 21.3. The summed E-state index contributed by atoms with van der Waals surface area (Å²) >= 11 is 6.21. The number of hydrogen-bond donors (Lipinski definition) is 1. The summed E-state index contributed by atoms with van der Waals surface area (Å²) in [5.74, 6) is 0.921. The van der Waals surface area contributed by atoms with Gasteiger partial charge in [0.2, 0.25) is 0 Å². The SMILES string of the molecule is CN=C(NCCCS(=O)(=O)Cc1ccccc1)N(C)Cc1ccccc1Cl. The highest BCUT2D eigenvalue weighted by Gasteiger charge is 2.13. The van der Waals surface area contributed by atoms with Crippen molar-refractivity contribution in [2.45, 2.75) is 18.7 Å². The molecule has 0 saturated heterocycles. The van der Waals surface area contributed by atoms with Crippen molar-refractivity contribution in [1.29, 1.82) is 0 Å². The number of hydrogen-bond acceptors (Lipinski definition) is 3. The zero-order valence-corrected chi connectivity index (χ0v) is 17.3. The summed E-state index contributed by atoms with van der Waals surface area (Å²) < 4.78 is 24.5. The fourth-order valence-electron chi connectivity index (χ4n) is 2.73. The van der Waals surface area contributed by atoms with Crippen LogP contribution in [0.1, 0.15) is 17.5 Å². The molecule has 0 amide bonds. The molecule has 0 fully saturated rings. The van der Waals surface area contributed by atoms with Gasteiger partial charge in [0.05, 0.1) is 11.5 Å². The normalized spacial score (nSPS) is 12.0. The van der Waals surface area contributed by atoms with Crippen molar-refractivity contribution in [3.63, 3.8) is 0 Å². The van der Waals surface area contributed by atoms with Crippen LogP contribution in [0.15, 0.2) is 59.6 Å². The Kier molecular flexibility index (Phi) is 8.13. The topological polar surface area (TPSA) is 61.8 Å². The number of nitrogens with zero attached hydrogens (tertiary/aromatic N) is 2. The average Bonchev–Trinajstić information content (AvgIpc) is 2.64. The van der Waals surface area contributed by atoms with E-state index in [1.807, 2.05) is 66.5 Å². The predicted molar refractivity (Wildman–Crippen MR) is 113 cm³/mol. The quantitative estimate of drug-likeness (QED) is 0.414. The van der Waals surface area contributed by atoms with Gasteiger partial charge in [0.15, 0.2) is 15.8 Å². The Hall–Kier alpha value is -2.05. The highest BCUT2D eigenvalue weighted by Crippen LogP contribution is 2.16. The molecule has 0 spiro atoms. The van der Waals surface area contributed by atoms with Gasteiger partial charge in [-0.15, -0.1) is 0 Å². The van der Waals surface area contributed by atoms with Crippen molar-refractivity contribution >= 4 is 27.4 Å². The molecule has 2 aromatic rings. The van der Waals surface area contributed by atoms with Crippen LogP contribution in [0.2, 0.25) is 5.02 Å². The van der Waals surface area contributed by atoms with Crippen molar-refractivity contribution in [2.75, 3.05) is 26.4 Å². The largest absolute Gasteiger partial charge is 0.356 e. The summed E-state index contributed by atoms with van der Waals surface area (Å²) in [7, 11) is 0.503. The van der Waals surface area contributed by atoms with Gasteiger partial charge in [-0.1, -0.05) is 60.1 Å². The molecule has 0 saturated carbocycles. The van der Waals surface area contributed by atoms with Gasteiger partial charge in [0, 0.05) is 32.2 Å². The van der Waals surface area contributed by atoms with Crippen molar-refractivity contribution < 1.29 is 8.42 Å². The molecule has 5 nitrogen and oxygen atoms in total. The highest BCUT2D eigenvalue weighted by molar-refractivity contribution is 7.90. The van der Waals surface area contributed by atoms with E-state index in [-0.39, 0.29) is 11.5 Å². The van der Waals surface area contributed by atoms with Crippen LogP contribution in [-0.4, -0.2) is 45.7 Å². The molecule has 2 rings (SSSR count). The van der Waals surface area contributed by atoms with E-state index < -0.39 is 9.84 Å². The van der Waals surface area contributed by atoms with Crippen LogP contribution in [0.25, 0.3) is 0 Å². The molecule has 0 atom stereocenters. The van der Waals surface area contributed by atoms with Crippen molar-refractivity contribution in [3.05, 3.63) is 70.7 Å². The first-order valence-electron chi connectivity index (χ1n) is 8.81. The maximum atomic E-state index is 12.2. The van der Waals surface area contributed by atoms with E-state index in [9.17, 15) is 8.42 Å². The summed E-state index contributed by atoms with van der Waals surface area (Å²) in [6.45, 7) is 1.15. The van der Waals surface area contributed by atoms with Gasteiger partial charge in [0.1, 0.15) is 0 Å². The Morgan fingerprint density at radius 1 is 1.11 bits per heavy atom. The van der Waals surface area contributed by atoms with E-state index in [0.29, 0.717) is 30.5 Å². The van der Waals surface area contributed by atoms with Gasteiger partial charge in [-0.05, 0) is 23.6 Å². The molecule has 0 radical (unpaired) electrons. The lowest BCUT2D eigenvalue weighted by Crippen LogP contribution is -2.39. The number of aliphatic imine (C=N–C) groups is 1. The van der Waals surface area contributed by atoms with Crippen LogP contribution in [0.3, 0.4) is 0 Å². The molecule has 0 aromatic heterocycles. The lowest BCUT2D eigenvalue weighted by molar-refractivity contribution is 0.476. The Morgan fingerprint density at radius 2 is 1.78 bits per heavy atom. The minimum atomic E-state index is -3.12. The van der Waals surface area contributed by atoms with Gasteiger partial charge in [-0.2, -0.15) is 0 Å². The summed E-state index contributed by atoms with van der Waals surface area (Å²) in [4.78, 5) is 6.21. The van der Waals surface area contributed by atoms with E-state index in [2.05, 4.69) is 10.3 Å². The molecule has 2 aromatic carbocycles. The van der Waals surface area contributed by atoms with Crippen LogP contribution >= 0.6 is 11.6 Å². The summed E-state index contributed by atoms with van der Waals surface area (Å²) in [6, 6.07) is 16.9. The van der Waals surface area contributed by atoms with Crippen LogP contribution in [-0.2, 0) is 22.1 Å².